The fraction of sp³-hybridized carbons (Fsp3) is 0.500. The first kappa shape index (κ1) is 22.0. The molecule has 0 aliphatic heterocycles. The smallest absolute Gasteiger partial charge is 0.141 e. The van der Waals surface area contributed by atoms with Crippen LogP contribution >= 0.6 is 0 Å². The number of hydrogen-bond acceptors (Lipinski definition) is 8. The number of pyridine rings is 2. The third-order valence-corrected chi connectivity index (χ3v) is 4.76. The summed E-state index contributed by atoms with van der Waals surface area (Å²) < 4.78 is 0. The first-order valence-corrected chi connectivity index (χ1v) is 9.45. The molecule has 0 aliphatic rings. The van der Waals surface area contributed by atoms with Crippen LogP contribution in [0.4, 0.5) is 0 Å². The largest absolute Gasteiger partial charge is 0.506 e. The molecule has 8 heteroatoms. The number of aromatic nitrogens is 2. The van der Waals surface area contributed by atoms with Gasteiger partial charge in [-0.3, -0.25) is 9.97 Å². The van der Waals surface area contributed by atoms with Gasteiger partial charge in [-0.1, -0.05) is 0 Å². The van der Waals surface area contributed by atoms with Gasteiger partial charge in [-0.05, 0) is 39.8 Å². The molecule has 0 saturated carbocycles. The summed E-state index contributed by atoms with van der Waals surface area (Å²) in [6.07, 6.45) is 5.04. The van der Waals surface area contributed by atoms with E-state index in [0.717, 1.165) is 25.9 Å². The summed E-state index contributed by atoms with van der Waals surface area (Å²) in [4.78, 5) is 8.11. The number of nitrogens with one attached hydrogen (secondary N) is 2. The molecule has 0 radical (unpaired) electrons. The minimum atomic E-state index is -0.154. The lowest BCUT2D eigenvalue weighted by molar-refractivity contribution is 0.278. The van der Waals surface area contributed by atoms with E-state index in [-0.39, 0.29) is 24.7 Å². The third-order valence-electron chi connectivity index (χ3n) is 4.76. The van der Waals surface area contributed by atoms with E-state index in [1.165, 1.54) is 0 Å². The molecule has 2 aromatic rings. The summed E-state index contributed by atoms with van der Waals surface area (Å²) in [7, 11) is 0. The van der Waals surface area contributed by atoms with Crippen molar-refractivity contribution >= 4 is 0 Å². The average molecular weight is 390 g/mol. The second kappa shape index (κ2) is 10.9. The highest BCUT2D eigenvalue weighted by Gasteiger charge is 2.11. The van der Waals surface area contributed by atoms with E-state index in [4.69, 9.17) is 0 Å². The molecule has 0 aromatic carbocycles. The Hall–Kier alpha value is -2.26. The van der Waals surface area contributed by atoms with Crippen molar-refractivity contribution in [2.45, 2.75) is 53.0 Å². The number of aliphatic hydroxyl groups is 2. The monoisotopic (exact) mass is 390 g/mol. The number of hydrogen-bond donors (Lipinski definition) is 6. The molecule has 28 heavy (non-hydrogen) atoms. The SMILES string of the molecule is Cc1ncc(CO)c(CNCCCCNCc2c(CO)cnc(C)c2O)c1O. The van der Waals surface area contributed by atoms with Crippen LogP contribution in [0.2, 0.25) is 0 Å². The van der Waals surface area contributed by atoms with Crippen molar-refractivity contribution in [3.05, 3.63) is 46.0 Å². The number of aromatic hydroxyl groups is 2. The van der Waals surface area contributed by atoms with Gasteiger partial charge < -0.3 is 31.1 Å². The van der Waals surface area contributed by atoms with E-state index in [0.29, 0.717) is 46.7 Å². The average Bonchev–Trinajstić information content (AvgIpc) is 2.70. The molecular weight excluding hydrogens is 360 g/mol. The Bertz CT molecular complexity index is 718. The van der Waals surface area contributed by atoms with Crippen LogP contribution in [0.15, 0.2) is 12.4 Å². The first-order valence-electron chi connectivity index (χ1n) is 9.45. The number of nitrogens with zero attached hydrogens (tertiary/aromatic N) is 2. The molecule has 2 rings (SSSR count). The van der Waals surface area contributed by atoms with Gasteiger partial charge in [0, 0.05) is 47.7 Å². The lowest BCUT2D eigenvalue weighted by atomic mass is 10.1. The van der Waals surface area contributed by atoms with E-state index in [1.807, 2.05) is 0 Å². The quantitative estimate of drug-likeness (QED) is 0.315. The fourth-order valence-electron chi connectivity index (χ4n) is 2.96. The molecule has 0 unspecified atom stereocenters. The highest BCUT2D eigenvalue weighted by molar-refractivity contribution is 5.41. The second-order valence-corrected chi connectivity index (χ2v) is 6.77. The van der Waals surface area contributed by atoms with E-state index in [1.54, 1.807) is 26.2 Å². The predicted octanol–water partition coefficient (Wildman–Crippen LogP) is 1.15. The molecule has 0 spiro atoms. The van der Waals surface area contributed by atoms with E-state index in [2.05, 4.69) is 20.6 Å². The molecular formula is C20H30N4O4. The molecule has 154 valence electrons. The van der Waals surface area contributed by atoms with Crippen molar-refractivity contribution in [3.8, 4) is 11.5 Å². The summed E-state index contributed by atoms with van der Waals surface area (Å²) in [5.74, 6) is 0.265. The minimum Gasteiger partial charge on any atom is -0.506 e. The highest BCUT2D eigenvalue weighted by atomic mass is 16.3. The van der Waals surface area contributed by atoms with Gasteiger partial charge in [-0.2, -0.15) is 0 Å². The third kappa shape index (κ3) is 5.62. The van der Waals surface area contributed by atoms with Crippen molar-refractivity contribution in [2.75, 3.05) is 13.1 Å². The molecule has 0 amide bonds. The van der Waals surface area contributed by atoms with Gasteiger partial charge >= 0.3 is 0 Å². The standard InChI is InChI=1S/C20H30N4O4/c1-13-19(27)17(15(11-25)7-23-13)9-21-5-3-4-6-22-10-18-16(12-26)8-24-14(2)20(18)28/h7-8,21-22,25-28H,3-6,9-12H2,1-2H3. The van der Waals surface area contributed by atoms with Crippen LogP contribution in [0.3, 0.4) is 0 Å². The second-order valence-electron chi connectivity index (χ2n) is 6.77. The summed E-state index contributed by atoms with van der Waals surface area (Å²) in [5.41, 5.74) is 3.74. The molecule has 6 N–H and O–H groups in total. The molecule has 0 saturated heterocycles. The zero-order chi connectivity index (χ0) is 20.5. The summed E-state index contributed by atoms with van der Waals surface area (Å²) in [5, 5.41) is 45.5. The fourth-order valence-corrected chi connectivity index (χ4v) is 2.96. The van der Waals surface area contributed by atoms with Crippen molar-refractivity contribution < 1.29 is 20.4 Å². The van der Waals surface area contributed by atoms with Gasteiger partial charge in [0.05, 0.1) is 24.6 Å². The Morgan fingerprint density at radius 1 is 0.750 bits per heavy atom. The Balaban J connectivity index is 1.70. The van der Waals surface area contributed by atoms with Gasteiger partial charge in [0.2, 0.25) is 0 Å². The van der Waals surface area contributed by atoms with E-state index >= 15 is 0 Å². The maximum Gasteiger partial charge on any atom is 0.141 e. The predicted molar refractivity (Wildman–Crippen MR) is 106 cm³/mol. The Labute approximate surface area is 165 Å². The Kier molecular flexibility index (Phi) is 8.59. The topological polar surface area (TPSA) is 131 Å². The maximum absolute atomic E-state index is 10.1. The molecule has 0 fully saturated rings. The van der Waals surface area contributed by atoms with Gasteiger partial charge in [0.1, 0.15) is 11.5 Å². The molecule has 0 bridgehead atoms. The van der Waals surface area contributed by atoms with Crippen molar-refractivity contribution in [1.29, 1.82) is 0 Å². The van der Waals surface area contributed by atoms with E-state index < -0.39 is 0 Å². The summed E-state index contributed by atoms with van der Waals surface area (Å²) >= 11 is 0. The van der Waals surface area contributed by atoms with Crippen LogP contribution in [-0.4, -0.2) is 43.5 Å². The lowest BCUT2D eigenvalue weighted by Gasteiger charge is -2.13. The Morgan fingerprint density at radius 3 is 1.50 bits per heavy atom. The molecule has 2 aromatic heterocycles. The zero-order valence-corrected chi connectivity index (χ0v) is 16.5. The summed E-state index contributed by atoms with van der Waals surface area (Å²) in [6, 6.07) is 0. The molecule has 8 nitrogen and oxygen atoms in total. The van der Waals surface area contributed by atoms with Gasteiger partial charge in [-0.15, -0.1) is 0 Å². The zero-order valence-electron chi connectivity index (χ0n) is 16.5. The van der Waals surface area contributed by atoms with Gasteiger partial charge in [-0.25, -0.2) is 0 Å². The summed E-state index contributed by atoms with van der Waals surface area (Å²) in [6.45, 7) is 5.65. The maximum atomic E-state index is 10.1. The Morgan fingerprint density at radius 2 is 1.14 bits per heavy atom. The van der Waals surface area contributed by atoms with Crippen LogP contribution in [0.5, 0.6) is 11.5 Å². The molecule has 0 atom stereocenters. The number of unbranched alkanes of at least 4 members (excludes halogenated alkanes) is 1. The van der Waals surface area contributed by atoms with E-state index in [9.17, 15) is 20.4 Å². The van der Waals surface area contributed by atoms with Crippen molar-refractivity contribution in [2.24, 2.45) is 0 Å². The lowest BCUT2D eigenvalue weighted by Crippen LogP contribution is -2.20. The molecule has 0 aliphatic carbocycles. The normalized spacial score (nSPS) is 11.1. The van der Waals surface area contributed by atoms with Gasteiger partial charge in [0.15, 0.2) is 0 Å². The number of aryl methyl sites for hydroxylation is 2. The van der Waals surface area contributed by atoms with Gasteiger partial charge in [0.25, 0.3) is 0 Å². The van der Waals surface area contributed by atoms with Crippen LogP contribution < -0.4 is 10.6 Å². The number of rotatable bonds is 11. The van der Waals surface area contributed by atoms with Crippen LogP contribution in [0, 0.1) is 13.8 Å². The highest BCUT2D eigenvalue weighted by Crippen LogP contribution is 2.24. The van der Waals surface area contributed by atoms with Crippen LogP contribution in [0.25, 0.3) is 0 Å². The van der Waals surface area contributed by atoms with Crippen molar-refractivity contribution in [1.82, 2.24) is 20.6 Å². The molecule has 2 heterocycles. The van der Waals surface area contributed by atoms with Crippen LogP contribution in [-0.2, 0) is 26.3 Å². The van der Waals surface area contributed by atoms with Crippen molar-refractivity contribution in [3.63, 3.8) is 0 Å². The first-order chi connectivity index (χ1) is 13.5. The van der Waals surface area contributed by atoms with Crippen LogP contribution in [0.1, 0.15) is 46.5 Å². The number of aliphatic hydroxyl groups excluding tert-OH is 2. The minimum absolute atomic E-state index is 0.132.